The Morgan fingerprint density at radius 1 is 1.33 bits per heavy atom. The lowest BCUT2D eigenvalue weighted by molar-refractivity contribution is 0.0376. The summed E-state index contributed by atoms with van der Waals surface area (Å²) in [4.78, 5) is 26.4. The molecular formula is C20H19ClN2O4. The van der Waals surface area contributed by atoms with Crippen molar-refractivity contribution in [2.75, 3.05) is 12.0 Å². The second kappa shape index (κ2) is 6.16. The number of carbonyl (C=O) groups excluding carboxylic acids is 2. The number of ether oxygens (including phenoxy) is 2. The van der Waals surface area contributed by atoms with Gasteiger partial charge in [-0.15, -0.1) is 0 Å². The van der Waals surface area contributed by atoms with Crippen molar-refractivity contribution in [1.29, 1.82) is 0 Å². The van der Waals surface area contributed by atoms with Crippen LogP contribution in [0.4, 0.5) is 10.5 Å². The Labute approximate surface area is 162 Å². The van der Waals surface area contributed by atoms with Crippen molar-refractivity contribution < 1.29 is 19.1 Å². The van der Waals surface area contributed by atoms with Crippen molar-refractivity contribution in [3.8, 4) is 5.75 Å². The Balaban J connectivity index is 1.78. The Hall–Kier alpha value is -2.73. The molecule has 4 rings (SSSR count). The molecule has 2 atom stereocenters. The first-order chi connectivity index (χ1) is 12.8. The molecule has 140 valence electrons. The van der Waals surface area contributed by atoms with Crippen LogP contribution in [0.5, 0.6) is 5.75 Å². The van der Waals surface area contributed by atoms with Crippen LogP contribution >= 0.6 is 11.6 Å². The summed E-state index contributed by atoms with van der Waals surface area (Å²) in [6, 6.07) is 10.0. The Morgan fingerprint density at radius 2 is 2.11 bits per heavy atom. The van der Waals surface area contributed by atoms with E-state index < -0.39 is 11.7 Å². The number of rotatable bonds is 2. The summed E-state index contributed by atoms with van der Waals surface area (Å²) in [6.45, 7) is 3.81. The first kappa shape index (κ1) is 17.7. The SMILES string of the molecule is COC(=O)c1ccc2c(c1)C1CC(C)(O2)N(c2cc(Cl)ccc2C)C(=O)N1. The highest BCUT2D eigenvalue weighted by Crippen LogP contribution is 2.46. The largest absolute Gasteiger partial charge is 0.467 e. The third kappa shape index (κ3) is 2.80. The van der Waals surface area contributed by atoms with E-state index >= 15 is 0 Å². The standard InChI is InChI=1S/C20H19ClN2O4/c1-11-4-6-13(21)9-16(11)23-19(25)22-15-10-20(23,2)27-17-7-5-12(8-14(15)17)18(24)26-3/h4-9,15H,10H2,1-3H3,(H,22,25). The normalized spacial score (nSPS) is 23.2. The number of methoxy groups -OCH3 is 1. The fraction of sp³-hybridized carbons (Fsp3) is 0.300. The van der Waals surface area contributed by atoms with Crippen molar-refractivity contribution in [3.05, 3.63) is 58.1 Å². The maximum absolute atomic E-state index is 13.0. The number of anilines is 1. The van der Waals surface area contributed by atoms with Crippen molar-refractivity contribution in [2.24, 2.45) is 0 Å². The fourth-order valence-corrected chi connectivity index (χ4v) is 3.97. The number of hydrogen-bond acceptors (Lipinski definition) is 4. The van der Waals surface area contributed by atoms with Crippen LogP contribution in [-0.4, -0.2) is 24.8 Å². The smallest absolute Gasteiger partial charge is 0.337 e. The van der Waals surface area contributed by atoms with Gasteiger partial charge in [-0.2, -0.15) is 0 Å². The number of urea groups is 1. The van der Waals surface area contributed by atoms with E-state index in [-0.39, 0.29) is 12.1 Å². The van der Waals surface area contributed by atoms with Gasteiger partial charge in [0, 0.05) is 17.0 Å². The minimum atomic E-state index is -0.873. The van der Waals surface area contributed by atoms with E-state index in [1.165, 1.54) is 7.11 Å². The van der Waals surface area contributed by atoms with E-state index in [1.807, 2.05) is 19.9 Å². The van der Waals surface area contributed by atoms with E-state index in [9.17, 15) is 9.59 Å². The molecule has 1 saturated heterocycles. The lowest BCUT2D eigenvalue weighted by atomic mass is 9.89. The number of nitrogens with one attached hydrogen (secondary N) is 1. The van der Waals surface area contributed by atoms with Crippen LogP contribution in [0, 0.1) is 6.92 Å². The first-order valence-corrected chi connectivity index (χ1v) is 8.98. The zero-order chi connectivity index (χ0) is 19.3. The molecule has 2 aliphatic rings. The predicted octanol–water partition coefficient (Wildman–Crippen LogP) is 4.20. The third-order valence-electron chi connectivity index (χ3n) is 5.10. The van der Waals surface area contributed by atoms with Crippen molar-refractivity contribution in [2.45, 2.75) is 32.0 Å². The summed E-state index contributed by atoms with van der Waals surface area (Å²) in [5.41, 5.74) is 1.94. The molecule has 2 unspecified atom stereocenters. The Kier molecular flexibility index (Phi) is 4.03. The first-order valence-electron chi connectivity index (χ1n) is 8.60. The zero-order valence-corrected chi connectivity index (χ0v) is 16.0. The van der Waals surface area contributed by atoms with Crippen LogP contribution < -0.4 is 15.0 Å². The van der Waals surface area contributed by atoms with Crippen molar-refractivity contribution >= 4 is 29.3 Å². The van der Waals surface area contributed by atoms with Gasteiger partial charge < -0.3 is 14.8 Å². The summed E-state index contributed by atoms with van der Waals surface area (Å²) >= 11 is 6.16. The molecule has 0 spiro atoms. The Morgan fingerprint density at radius 3 is 2.85 bits per heavy atom. The molecule has 2 aliphatic heterocycles. The number of benzene rings is 2. The van der Waals surface area contributed by atoms with Gasteiger partial charge in [-0.1, -0.05) is 17.7 Å². The third-order valence-corrected chi connectivity index (χ3v) is 5.34. The highest BCUT2D eigenvalue weighted by Gasteiger charge is 2.50. The summed E-state index contributed by atoms with van der Waals surface area (Å²) in [5, 5.41) is 3.57. The molecule has 27 heavy (non-hydrogen) atoms. The maximum atomic E-state index is 13.0. The zero-order valence-electron chi connectivity index (χ0n) is 15.2. The van der Waals surface area contributed by atoms with Crippen LogP contribution in [0.2, 0.25) is 5.02 Å². The lowest BCUT2D eigenvalue weighted by Gasteiger charge is -2.51. The second-order valence-corrected chi connectivity index (χ2v) is 7.43. The molecule has 2 aromatic rings. The number of halogens is 1. The summed E-state index contributed by atoms with van der Waals surface area (Å²) in [6.07, 6.45) is 0.530. The monoisotopic (exact) mass is 386 g/mol. The van der Waals surface area contributed by atoms with Gasteiger partial charge in [0.15, 0.2) is 5.72 Å². The van der Waals surface area contributed by atoms with E-state index in [1.54, 1.807) is 35.2 Å². The molecular weight excluding hydrogens is 368 g/mol. The lowest BCUT2D eigenvalue weighted by Crippen LogP contribution is -2.65. The molecule has 2 heterocycles. The van der Waals surface area contributed by atoms with Crippen molar-refractivity contribution in [3.63, 3.8) is 0 Å². The molecule has 7 heteroatoms. The summed E-state index contributed by atoms with van der Waals surface area (Å²) < 4.78 is 11.0. The number of carbonyl (C=O) groups is 2. The van der Waals surface area contributed by atoms with Gasteiger partial charge in [0.05, 0.1) is 24.4 Å². The summed E-state index contributed by atoms with van der Waals surface area (Å²) in [5.74, 6) is 0.204. The molecule has 0 saturated carbocycles. The number of hydrogen-bond donors (Lipinski definition) is 1. The van der Waals surface area contributed by atoms with E-state index in [0.29, 0.717) is 28.4 Å². The van der Waals surface area contributed by atoms with E-state index in [2.05, 4.69) is 5.32 Å². The van der Waals surface area contributed by atoms with Gasteiger partial charge in [0.2, 0.25) is 0 Å². The number of esters is 1. The second-order valence-electron chi connectivity index (χ2n) is 6.99. The molecule has 1 fully saturated rings. The maximum Gasteiger partial charge on any atom is 0.337 e. The molecule has 2 aromatic carbocycles. The van der Waals surface area contributed by atoms with E-state index in [4.69, 9.17) is 21.1 Å². The van der Waals surface area contributed by atoms with Crippen LogP contribution in [-0.2, 0) is 4.74 Å². The highest BCUT2D eigenvalue weighted by atomic mass is 35.5. The van der Waals surface area contributed by atoms with Gasteiger partial charge >= 0.3 is 12.0 Å². The van der Waals surface area contributed by atoms with Crippen LogP contribution in [0.1, 0.15) is 40.9 Å². The van der Waals surface area contributed by atoms with Gasteiger partial charge in [-0.3, -0.25) is 4.90 Å². The topological polar surface area (TPSA) is 67.9 Å². The van der Waals surface area contributed by atoms with Crippen LogP contribution in [0.25, 0.3) is 0 Å². The molecule has 2 amide bonds. The number of fused-ring (bicyclic) bond motifs is 4. The number of aryl methyl sites for hydroxylation is 1. The average molecular weight is 387 g/mol. The Bertz CT molecular complexity index is 961. The summed E-state index contributed by atoms with van der Waals surface area (Å²) in [7, 11) is 1.34. The fourth-order valence-electron chi connectivity index (χ4n) is 3.81. The molecule has 1 N–H and O–H groups in total. The molecule has 0 aromatic heterocycles. The molecule has 2 bridgehead atoms. The van der Waals surface area contributed by atoms with Crippen LogP contribution in [0.15, 0.2) is 36.4 Å². The van der Waals surface area contributed by atoms with Gasteiger partial charge in [-0.25, -0.2) is 9.59 Å². The van der Waals surface area contributed by atoms with Crippen molar-refractivity contribution in [1.82, 2.24) is 5.32 Å². The predicted molar refractivity (Wildman–Crippen MR) is 101 cm³/mol. The van der Waals surface area contributed by atoms with Crippen LogP contribution in [0.3, 0.4) is 0 Å². The number of nitrogens with zero attached hydrogens (tertiary/aromatic N) is 1. The minimum absolute atomic E-state index is 0.258. The van der Waals surface area contributed by atoms with E-state index in [0.717, 1.165) is 11.1 Å². The quantitative estimate of drug-likeness (QED) is 0.785. The molecule has 6 nitrogen and oxygen atoms in total. The molecule has 0 aliphatic carbocycles. The van der Waals surface area contributed by atoms with Gasteiger partial charge in [-0.05, 0) is 49.7 Å². The minimum Gasteiger partial charge on any atom is -0.467 e. The molecule has 0 radical (unpaired) electrons. The highest BCUT2D eigenvalue weighted by molar-refractivity contribution is 6.31. The van der Waals surface area contributed by atoms with Gasteiger partial charge in [0.1, 0.15) is 5.75 Å². The average Bonchev–Trinajstić information content (AvgIpc) is 2.63. The number of amides is 2. The van der Waals surface area contributed by atoms with Gasteiger partial charge in [0.25, 0.3) is 0 Å².